The van der Waals surface area contributed by atoms with Crippen LogP contribution in [0.3, 0.4) is 0 Å². The van der Waals surface area contributed by atoms with Crippen LogP contribution in [0.2, 0.25) is 0 Å². The van der Waals surface area contributed by atoms with Crippen molar-refractivity contribution >= 4 is 0 Å². The van der Waals surface area contributed by atoms with Crippen LogP contribution in [-0.2, 0) is 4.74 Å². The lowest BCUT2D eigenvalue weighted by atomic mass is 9.75. The molecule has 1 rings (SSSR count). The molecule has 0 aromatic heterocycles. The molecule has 17 heavy (non-hydrogen) atoms. The Morgan fingerprint density at radius 3 is 2.59 bits per heavy atom. The van der Waals surface area contributed by atoms with Gasteiger partial charge in [-0.1, -0.05) is 32.4 Å². The van der Waals surface area contributed by atoms with Crippen LogP contribution in [0, 0.1) is 5.41 Å². The third-order valence-electron chi connectivity index (χ3n) is 4.11. The van der Waals surface area contributed by atoms with Gasteiger partial charge in [-0.15, -0.1) is 0 Å². The van der Waals surface area contributed by atoms with Crippen LogP contribution >= 0.6 is 0 Å². The molecular weight excluding hydrogens is 212 g/mol. The summed E-state index contributed by atoms with van der Waals surface area (Å²) in [6, 6.07) is 0. The van der Waals surface area contributed by atoms with Gasteiger partial charge in [-0.2, -0.15) is 0 Å². The summed E-state index contributed by atoms with van der Waals surface area (Å²) in [7, 11) is 0. The van der Waals surface area contributed by atoms with Crippen molar-refractivity contribution < 1.29 is 4.74 Å². The van der Waals surface area contributed by atoms with Crippen molar-refractivity contribution in [1.29, 1.82) is 0 Å². The van der Waals surface area contributed by atoms with Crippen molar-refractivity contribution in [3.63, 3.8) is 0 Å². The molecule has 0 saturated heterocycles. The molecule has 1 unspecified atom stereocenters. The number of nitrogens with one attached hydrogen (secondary N) is 1. The molecule has 3 N–H and O–H groups in total. The van der Waals surface area contributed by atoms with Gasteiger partial charge in [-0.25, -0.2) is 0 Å². The van der Waals surface area contributed by atoms with Gasteiger partial charge in [0.25, 0.3) is 0 Å². The zero-order valence-electron chi connectivity index (χ0n) is 11.6. The van der Waals surface area contributed by atoms with Gasteiger partial charge in [0.05, 0.1) is 13.2 Å². The molecule has 0 aromatic carbocycles. The Kier molecular flexibility index (Phi) is 5.17. The summed E-state index contributed by atoms with van der Waals surface area (Å²) >= 11 is 0. The monoisotopic (exact) mass is 240 g/mol. The van der Waals surface area contributed by atoms with Gasteiger partial charge in [0.15, 0.2) is 0 Å². The Bertz CT molecular complexity index is 263. The van der Waals surface area contributed by atoms with Crippen LogP contribution in [0.1, 0.15) is 40.0 Å². The molecule has 0 heterocycles. The Labute approximate surface area is 106 Å². The summed E-state index contributed by atoms with van der Waals surface area (Å²) in [5.74, 6) is 0. The van der Waals surface area contributed by atoms with E-state index in [4.69, 9.17) is 10.5 Å². The fourth-order valence-electron chi connectivity index (χ4n) is 2.80. The van der Waals surface area contributed by atoms with E-state index in [1.165, 1.54) is 19.3 Å². The summed E-state index contributed by atoms with van der Waals surface area (Å²) in [5, 5.41) is 3.63. The zero-order chi connectivity index (χ0) is 12.9. The first kappa shape index (κ1) is 14.7. The number of hydrogen-bond acceptors (Lipinski definition) is 3. The predicted molar refractivity (Wildman–Crippen MR) is 73.1 cm³/mol. The van der Waals surface area contributed by atoms with E-state index < -0.39 is 0 Å². The lowest BCUT2D eigenvalue weighted by Gasteiger charge is -2.42. The van der Waals surface area contributed by atoms with Crippen molar-refractivity contribution in [3.05, 3.63) is 12.2 Å². The van der Waals surface area contributed by atoms with Crippen molar-refractivity contribution in [1.82, 2.24) is 5.32 Å². The van der Waals surface area contributed by atoms with Crippen molar-refractivity contribution in [3.8, 4) is 0 Å². The third-order valence-corrected chi connectivity index (χ3v) is 4.11. The fourth-order valence-corrected chi connectivity index (χ4v) is 2.80. The number of ether oxygens (including phenoxy) is 1. The fraction of sp³-hybridized carbons (Fsp3) is 0.857. The van der Waals surface area contributed by atoms with Crippen LogP contribution in [0.4, 0.5) is 0 Å². The lowest BCUT2D eigenvalue weighted by molar-refractivity contribution is 0.120. The van der Waals surface area contributed by atoms with Gasteiger partial charge < -0.3 is 15.8 Å². The second kappa shape index (κ2) is 5.98. The van der Waals surface area contributed by atoms with Gasteiger partial charge in [-0.05, 0) is 25.2 Å². The maximum atomic E-state index is 5.99. The molecule has 0 bridgehead atoms. The summed E-state index contributed by atoms with van der Waals surface area (Å²) in [6.07, 6.45) is 3.70. The van der Waals surface area contributed by atoms with Crippen molar-refractivity contribution in [2.45, 2.75) is 45.6 Å². The topological polar surface area (TPSA) is 47.3 Å². The van der Waals surface area contributed by atoms with Gasteiger partial charge in [0, 0.05) is 18.6 Å². The summed E-state index contributed by atoms with van der Waals surface area (Å²) < 4.78 is 5.51. The number of rotatable bonds is 7. The largest absolute Gasteiger partial charge is 0.376 e. The molecule has 0 spiro atoms. The molecule has 100 valence electrons. The highest BCUT2D eigenvalue weighted by atomic mass is 16.5. The molecule has 1 saturated carbocycles. The van der Waals surface area contributed by atoms with E-state index in [1.54, 1.807) is 0 Å². The first-order chi connectivity index (χ1) is 7.93. The number of nitrogens with two attached hydrogens (primary N) is 1. The molecule has 0 aliphatic heterocycles. The van der Waals surface area contributed by atoms with Gasteiger partial charge in [0.2, 0.25) is 0 Å². The van der Waals surface area contributed by atoms with Crippen LogP contribution < -0.4 is 11.1 Å². The molecule has 1 aliphatic carbocycles. The molecule has 0 radical (unpaired) electrons. The molecule has 3 heteroatoms. The normalized spacial score (nSPS) is 27.3. The second-order valence-electron chi connectivity index (χ2n) is 5.96. The highest BCUT2D eigenvalue weighted by Crippen LogP contribution is 2.45. The summed E-state index contributed by atoms with van der Waals surface area (Å²) in [5.41, 5.74) is 7.44. The first-order valence-electron chi connectivity index (χ1n) is 6.61. The molecule has 3 nitrogen and oxygen atoms in total. The molecule has 1 atom stereocenters. The van der Waals surface area contributed by atoms with E-state index >= 15 is 0 Å². The van der Waals surface area contributed by atoms with Gasteiger partial charge >= 0.3 is 0 Å². The van der Waals surface area contributed by atoms with E-state index in [0.29, 0.717) is 13.2 Å². The average Bonchev–Trinajstić information content (AvgIpc) is 2.53. The quantitative estimate of drug-likeness (QED) is 0.529. The highest BCUT2D eigenvalue weighted by Gasteiger charge is 2.47. The van der Waals surface area contributed by atoms with Gasteiger partial charge in [0.1, 0.15) is 0 Å². The molecule has 1 aliphatic rings. The molecule has 0 amide bonds. The third kappa shape index (κ3) is 3.54. The molecule has 0 aromatic rings. The van der Waals surface area contributed by atoms with Crippen LogP contribution in [0.5, 0.6) is 0 Å². The SMILES string of the molecule is C=C(C)COCCNC1(CN)CCCC1(C)C. The maximum absolute atomic E-state index is 5.99. The van der Waals surface area contributed by atoms with Crippen LogP contribution in [0.15, 0.2) is 12.2 Å². The Morgan fingerprint density at radius 1 is 1.41 bits per heavy atom. The Hall–Kier alpha value is -0.380. The molecule has 1 fully saturated rings. The van der Waals surface area contributed by atoms with E-state index in [2.05, 4.69) is 25.7 Å². The predicted octanol–water partition coefficient (Wildman–Crippen LogP) is 2.08. The van der Waals surface area contributed by atoms with Crippen molar-refractivity contribution in [2.24, 2.45) is 11.1 Å². The minimum absolute atomic E-state index is 0.0968. The standard InChI is InChI=1S/C14H28N2O/c1-12(2)10-17-9-8-16-14(11-15)7-5-6-13(14,3)4/h16H,1,5-11,15H2,2-4H3. The van der Waals surface area contributed by atoms with E-state index in [9.17, 15) is 0 Å². The van der Waals surface area contributed by atoms with Crippen LogP contribution in [0.25, 0.3) is 0 Å². The minimum atomic E-state index is 0.0968. The summed E-state index contributed by atoms with van der Waals surface area (Å²) in [4.78, 5) is 0. The number of hydrogen-bond donors (Lipinski definition) is 2. The Balaban J connectivity index is 2.35. The minimum Gasteiger partial charge on any atom is -0.376 e. The lowest BCUT2D eigenvalue weighted by Crippen LogP contribution is -2.58. The Morgan fingerprint density at radius 2 is 2.12 bits per heavy atom. The summed E-state index contributed by atoms with van der Waals surface area (Å²) in [6.45, 7) is 13.4. The van der Waals surface area contributed by atoms with Crippen molar-refractivity contribution in [2.75, 3.05) is 26.3 Å². The second-order valence-corrected chi connectivity index (χ2v) is 5.96. The smallest absolute Gasteiger partial charge is 0.0672 e. The highest BCUT2D eigenvalue weighted by molar-refractivity contribution is 5.05. The van der Waals surface area contributed by atoms with Gasteiger partial charge in [-0.3, -0.25) is 0 Å². The first-order valence-corrected chi connectivity index (χ1v) is 6.61. The van der Waals surface area contributed by atoms with E-state index in [-0.39, 0.29) is 11.0 Å². The zero-order valence-corrected chi connectivity index (χ0v) is 11.6. The van der Waals surface area contributed by atoms with Crippen LogP contribution in [-0.4, -0.2) is 31.8 Å². The van der Waals surface area contributed by atoms with E-state index in [1.807, 2.05) is 6.92 Å². The molecular formula is C14H28N2O. The maximum Gasteiger partial charge on any atom is 0.0672 e. The van der Waals surface area contributed by atoms with E-state index in [0.717, 1.165) is 18.7 Å². The average molecular weight is 240 g/mol.